The van der Waals surface area contributed by atoms with Crippen molar-refractivity contribution >= 4 is 55.7 Å². The summed E-state index contributed by atoms with van der Waals surface area (Å²) in [4.78, 5) is 3.67. The number of aromatic nitrogens is 1. The molecule has 0 amide bonds. The smallest absolute Gasteiger partial charge is 0.265 e. The fourth-order valence-corrected chi connectivity index (χ4v) is 3.52. The van der Waals surface area contributed by atoms with Crippen molar-refractivity contribution in [2.75, 3.05) is 10.5 Å². The zero-order valence-corrected chi connectivity index (χ0v) is 13.2. The van der Waals surface area contributed by atoms with Gasteiger partial charge in [0.1, 0.15) is 10.7 Å². The van der Waals surface area contributed by atoms with Gasteiger partial charge in [-0.15, -0.1) is 0 Å². The van der Waals surface area contributed by atoms with Gasteiger partial charge >= 0.3 is 0 Å². The number of hydrogen-bond donors (Lipinski definition) is 2. The average molecular weight is 410 g/mol. The van der Waals surface area contributed by atoms with Crippen molar-refractivity contribution in [3.63, 3.8) is 0 Å². The monoisotopic (exact) mass is 409 g/mol. The number of rotatable bonds is 3. The molecule has 0 spiro atoms. The van der Waals surface area contributed by atoms with Gasteiger partial charge in [0.25, 0.3) is 10.0 Å². The Hall–Kier alpha value is -1.06. The number of halogens is 2. The molecule has 0 radical (unpaired) electrons. The molecule has 0 unspecified atom stereocenters. The Kier molecular flexibility index (Phi) is 4.16. The highest BCUT2D eigenvalue weighted by molar-refractivity contribution is 14.1. The number of nitrogens with zero attached hydrogens (tertiary/aromatic N) is 1. The van der Waals surface area contributed by atoms with Crippen molar-refractivity contribution < 1.29 is 8.42 Å². The predicted octanol–water partition coefficient (Wildman–Crippen LogP) is 2.72. The molecule has 5 nitrogen and oxygen atoms in total. The first-order valence-corrected chi connectivity index (χ1v) is 8.02. The number of nitrogen functional groups attached to an aromatic ring is 1. The van der Waals surface area contributed by atoms with E-state index in [1.165, 1.54) is 18.3 Å². The molecule has 1 heterocycles. The molecule has 19 heavy (non-hydrogen) atoms. The molecule has 0 atom stereocenters. The predicted molar refractivity (Wildman–Crippen MR) is 83.6 cm³/mol. The molecule has 8 heteroatoms. The third-order valence-corrected chi connectivity index (χ3v) is 4.66. The van der Waals surface area contributed by atoms with Gasteiger partial charge < -0.3 is 5.73 Å². The first-order chi connectivity index (χ1) is 8.90. The van der Waals surface area contributed by atoms with Crippen LogP contribution in [0, 0.1) is 3.57 Å². The van der Waals surface area contributed by atoms with Crippen LogP contribution in [0.4, 0.5) is 11.5 Å². The van der Waals surface area contributed by atoms with Crippen molar-refractivity contribution in [3.8, 4) is 0 Å². The van der Waals surface area contributed by atoms with Gasteiger partial charge in [-0.3, -0.25) is 4.72 Å². The van der Waals surface area contributed by atoms with Gasteiger partial charge in [-0.05, 0) is 52.9 Å². The van der Waals surface area contributed by atoms with Gasteiger partial charge in [-0.2, -0.15) is 0 Å². The largest absolute Gasteiger partial charge is 0.383 e. The maximum absolute atomic E-state index is 12.2. The lowest BCUT2D eigenvalue weighted by molar-refractivity contribution is 0.601. The van der Waals surface area contributed by atoms with Gasteiger partial charge in [-0.25, -0.2) is 13.4 Å². The van der Waals surface area contributed by atoms with Gasteiger partial charge in [0, 0.05) is 9.77 Å². The van der Waals surface area contributed by atoms with E-state index in [2.05, 4.69) is 32.3 Å². The normalized spacial score (nSPS) is 11.3. The van der Waals surface area contributed by atoms with Gasteiger partial charge in [0.15, 0.2) is 0 Å². The summed E-state index contributed by atoms with van der Waals surface area (Å²) in [5, 5.41) is 0.318. The molecule has 100 valence electrons. The minimum Gasteiger partial charge on any atom is -0.383 e. The molecule has 0 saturated carbocycles. The van der Waals surface area contributed by atoms with Crippen LogP contribution in [0.2, 0.25) is 5.02 Å². The van der Waals surface area contributed by atoms with E-state index in [1.807, 2.05) is 0 Å². The van der Waals surface area contributed by atoms with Crippen molar-refractivity contribution in [2.24, 2.45) is 0 Å². The second-order valence-corrected chi connectivity index (χ2v) is 6.92. The highest BCUT2D eigenvalue weighted by Crippen LogP contribution is 2.27. The summed E-state index contributed by atoms with van der Waals surface area (Å²) in [6.07, 6.45) is 1.42. The lowest BCUT2D eigenvalue weighted by Gasteiger charge is -2.10. The van der Waals surface area contributed by atoms with Crippen molar-refractivity contribution in [1.82, 2.24) is 4.98 Å². The van der Waals surface area contributed by atoms with Crippen LogP contribution in [-0.2, 0) is 10.0 Å². The average Bonchev–Trinajstić information content (AvgIpc) is 2.33. The second kappa shape index (κ2) is 5.51. The number of benzene rings is 1. The molecule has 0 bridgehead atoms. The molecule has 1 aromatic carbocycles. The van der Waals surface area contributed by atoms with Crippen molar-refractivity contribution in [1.29, 1.82) is 0 Å². The Balaban J connectivity index is 2.40. The standard InChI is InChI=1S/C11H9ClIN3O2S/c12-8-6-7(13)3-4-9(8)16-19(17,18)10-2-1-5-15-11(10)14/h1-6,16H,(H2,14,15). The Labute approximate surface area is 129 Å². The lowest BCUT2D eigenvalue weighted by atomic mass is 10.3. The summed E-state index contributed by atoms with van der Waals surface area (Å²) in [6, 6.07) is 7.88. The summed E-state index contributed by atoms with van der Waals surface area (Å²) >= 11 is 8.07. The number of pyridine rings is 1. The molecular weight excluding hydrogens is 401 g/mol. The maximum Gasteiger partial charge on any atom is 0.265 e. The fraction of sp³-hybridized carbons (Fsp3) is 0. The van der Waals surface area contributed by atoms with E-state index in [4.69, 9.17) is 17.3 Å². The number of nitrogens with two attached hydrogens (primary N) is 1. The minimum absolute atomic E-state index is 0.0587. The Morgan fingerprint density at radius 3 is 2.68 bits per heavy atom. The van der Waals surface area contributed by atoms with Gasteiger partial charge in [0.05, 0.1) is 10.7 Å². The van der Waals surface area contributed by atoms with Crippen molar-refractivity contribution in [2.45, 2.75) is 4.90 Å². The summed E-state index contributed by atoms with van der Waals surface area (Å²) in [5.74, 6) is -0.0587. The molecule has 0 fully saturated rings. The number of sulfonamides is 1. The van der Waals surface area contributed by atoms with E-state index in [0.717, 1.165) is 3.57 Å². The van der Waals surface area contributed by atoms with Crippen LogP contribution in [0.25, 0.3) is 0 Å². The molecular formula is C11H9ClIN3O2S. The van der Waals surface area contributed by atoms with Crippen LogP contribution in [0.1, 0.15) is 0 Å². The van der Waals surface area contributed by atoms with E-state index in [9.17, 15) is 8.42 Å². The summed E-state index contributed by atoms with van der Waals surface area (Å²) < 4.78 is 27.6. The Morgan fingerprint density at radius 1 is 1.32 bits per heavy atom. The minimum atomic E-state index is -3.80. The highest BCUT2D eigenvalue weighted by atomic mass is 127. The molecule has 0 aliphatic carbocycles. The van der Waals surface area contributed by atoms with E-state index in [0.29, 0.717) is 10.7 Å². The fourth-order valence-electron chi connectivity index (χ4n) is 1.40. The van der Waals surface area contributed by atoms with E-state index >= 15 is 0 Å². The number of nitrogens with one attached hydrogen (secondary N) is 1. The van der Waals surface area contributed by atoms with Crippen LogP contribution < -0.4 is 10.5 Å². The summed E-state index contributed by atoms with van der Waals surface area (Å²) in [5.41, 5.74) is 5.85. The third kappa shape index (κ3) is 3.28. The SMILES string of the molecule is Nc1ncccc1S(=O)(=O)Nc1ccc(I)cc1Cl. The zero-order chi connectivity index (χ0) is 14.0. The molecule has 1 aromatic heterocycles. The zero-order valence-electron chi connectivity index (χ0n) is 9.47. The summed E-state index contributed by atoms with van der Waals surface area (Å²) in [6.45, 7) is 0. The topological polar surface area (TPSA) is 85.1 Å². The first-order valence-electron chi connectivity index (χ1n) is 5.08. The maximum atomic E-state index is 12.2. The van der Waals surface area contributed by atoms with Crippen molar-refractivity contribution in [3.05, 3.63) is 45.1 Å². The lowest BCUT2D eigenvalue weighted by Crippen LogP contribution is -2.15. The van der Waals surface area contributed by atoms with Crippen LogP contribution in [-0.4, -0.2) is 13.4 Å². The van der Waals surface area contributed by atoms with Crippen LogP contribution in [0.5, 0.6) is 0 Å². The quantitative estimate of drug-likeness (QED) is 0.763. The highest BCUT2D eigenvalue weighted by Gasteiger charge is 2.19. The molecule has 2 rings (SSSR count). The Bertz CT molecular complexity index is 722. The van der Waals surface area contributed by atoms with Gasteiger partial charge in [-0.1, -0.05) is 11.6 Å². The molecule has 3 N–H and O–H groups in total. The van der Waals surface area contributed by atoms with Crippen LogP contribution in [0.15, 0.2) is 41.4 Å². The van der Waals surface area contributed by atoms with E-state index < -0.39 is 10.0 Å². The first kappa shape index (κ1) is 14.4. The van der Waals surface area contributed by atoms with E-state index in [-0.39, 0.29) is 10.7 Å². The van der Waals surface area contributed by atoms with E-state index in [1.54, 1.807) is 18.2 Å². The van der Waals surface area contributed by atoms with Gasteiger partial charge in [0.2, 0.25) is 0 Å². The second-order valence-electron chi connectivity index (χ2n) is 3.62. The van der Waals surface area contributed by atoms with Crippen LogP contribution in [0.3, 0.4) is 0 Å². The molecule has 0 aliphatic rings. The Morgan fingerprint density at radius 2 is 2.05 bits per heavy atom. The molecule has 2 aromatic rings. The molecule has 0 aliphatic heterocycles. The van der Waals surface area contributed by atoms with Crippen LogP contribution >= 0.6 is 34.2 Å². The third-order valence-electron chi connectivity index (χ3n) is 2.26. The number of hydrogen-bond acceptors (Lipinski definition) is 4. The summed E-state index contributed by atoms with van der Waals surface area (Å²) in [7, 11) is -3.80. The number of anilines is 2. The molecule has 0 saturated heterocycles.